The van der Waals surface area contributed by atoms with Gasteiger partial charge in [0.15, 0.2) is 0 Å². The zero-order valence-corrected chi connectivity index (χ0v) is 13.3. The largest absolute Gasteiger partial charge is 0.348 e. The highest BCUT2D eigenvalue weighted by molar-refractivity contribution is 5.99. The minimum atomic E-state index is -0.0985. The van der Waals surface area contributed by atoms with Crippen molar-refractivity contribution in [3.8, 4) is 11.3 Å². The molecule has 0 radical (unpaired) electrons. The first-order valence-electron chi connectivity index (χ1n) is 8.39. The summed E-state index contributed by atoms with van der Waals surface area (Å²) in [5.74, 6) is 0.392. The molecule has 1 unspecified atom stereocenters. The summed E-state index contributed by atoms with van der Waals surface area (Å²) in [6, 6.07) is 9.82. The first-order chi connectivity index (χ1) is 11.3. The standard InChI is InChI=1S/C18H24N4O/c19-11-16(13-7-3-1-4-8-13)21-18(23)15-12-20-22-17(15)14-9-5-2-6-10-14/h2,5-6,9-10,12-13,16H,1,3-4,7-8,11,19H2,(H,20,22)(H,21,23). The molecule has 1 saturated carbocycles. The molecule has 2 aromatic rings. The molecule has 1 aromatic heterocycles. The van der Waals surface area contributed by atoms with Crippen molar-refractivity contribution in [3.05, 3.63) is 42.1 Å². The summed E-state index contributed by atoms with van der Waals surface area (Å²) in [6.45, 7) is 0.481. The maximum Gasteiger partial charge on any atom is 0.255 e. The van der Waals surface area contributed by atoms with Crippen molar-refractivity contribution in [3.63, 3.8) is 0 Å². The van der Waals surface area contributed by atoms with Gasteiger partial charge in [0.2, 0.25) is 0 Å². The second kappa shape index (κ2) is 7.42. The normalized spacial score (nSPS) is 16.9. The zero-order chi connectivity index (χ0) is 16.1. The van der Waals surface area contributed by atoms with E-state index in [0.717, 1.165) is 24.1 Å². The van der Waals surface area contributed by atoms with Crippen LogP contribution in [0.1, 0.15) is 42.5 Å². The van der Waals surface area contributed by atoms with Crippen LogP contribution in [0.3, 0.4) is 0 Å². The second-order valence-electron chi connectivity index (χ2n) is 6.24. The quantitative estimate of drug-likeness (QED) is 0.793. The molecule has 23 heavy (non-hydrogen) atoms. The first kappa shape index (κ1) is 15.7. The first-order valence-corrected chi connectivity index (χ1v) is 8.39. The van der Waals surface area contributed by atoms with Gasteiger partial charge in [0, 0.05) is 18.2 Å². The lowest BCUT2D eigenvalue weighted by Crippen LogP contribution is -2.45. The smallest absolute Gasteiger partial charge is 0.255 e. The Bertz CT molecular complexity index is 631. The van der Waals surface area contributed by atoms with Crippen LogP contribution in [0.4, 0.5) is 0 Å². The molecule has 0 spiro atoms. The van der Waals surface area contributed by atoms with E-state index in [9.17, 15) is 4.79 Å². The zero-order valence-electron chi connectivity index (χ0n) is 13.3. The van der Waals surface area contributed by atoms with Gasteiger partial charge in [-0.1, -0.05) is 49.6 Å². The number of hydrogen-bond acceptors (Lipinski definition) is 3. The molecule has 1 amide bonds. The van der Waals surface area contributed by atoms with Crippen LogP contribution in [0.25, 0.3) is 11.3 Å². The monoisotopic (exact) mass is 312 g/mol. The number of nitrogens with one attached hydrogen (secondary N) is 2. The van der Waals surface area contributed by atoms with Crippen LogP contribution in [0.5, 0.6) is 0 Å². The lowest BCUT2D eigenvalue weighted by Gasteiger charge is -2.30. The fourth-order valence-electron chi connectivity index (χ4n) is 3.44. The fourth-order valence-corrected chi connectivity index (χ4v) is 3.44. The maximum atomic E-state index is 12.7. The average molecular weight is 312 g/mol. The highest BCUT2D eigenvalue weighted by Crippen LogP contribution is 2.27. The molecular formula is C18H24N4O. The number of rotatable bonds is 5. The fraction of sp³-hybridized carbons (Fsp3) is 0.444. The predicted octanol–water partition coefficient (Wildman–Crippen LogP) is 2.71. The summed E-state index contributed by atoms with van der Waals surface area (Å²) in [7, 11) is 0. The van der Waals surface area contributed by atoms with Crippen LogP contribution in [-0.2, 0) is 0 Å². The molecule has 5 nitrogen and oxygen atoms in total. The van der Waals surface area contributed by atoms with Crippen LogP contribution in [0, 0.1) is 5.92 Å². The summed E-state index contributed by atoms with van der Waals surface area (Å²) >= 11 is 0. The highest BCUT2D eigenvalue weighted by atomic mass is 16.1. The molecule has 5 heteroatoms. The van der Waals surface area contributed by atoms with E-state index in [0.29, 0.717) is 18.0 Å². The molecule has 1 heterocycles. The molecule has 1 aliphatic rings. The Kier molecular flexibility index (Phi) is 5.08. The van der Waals surface area contributed by atoms with Crippen molar-refractivity contribution in [2.75, 3.05) is 6.54 Å². The maximum absolute atomic E-state index is 12.7. The van der Waals surface area contributed by atoms with Gasteiger partial charge in [-0.3, -0.25) is 9.89 Å². The minimum absolute atomic E-state index is 0.0429. The number of aromatic nitrogens is 2. The lowest BCUT2D eigenvalue weighted by molar-refractivity contribution is 0.0916. The second-order valence-corrected chi connectivity index (χ2v) is 6.24. The Morgan fingerprint density at radius 2 is 2.00 bits per heavy atom. The summed E-state index contributed by atoms with van der Waals surface area (Å²) in [5.41, 5.74) is 8.20. The van der Waals surface area contributed by atoms with Gasteiger partial charge >= 0.3 is 0 Å². The number of nitrogens with two attached hydrogens (primary N) is 1. The Morgan fingerprint density at radius 3 is 2.70 bits per heavy atom. The Labute approximate surface area is 136 Å². The van der Waals surface area contributed by atoms with Gasteiger partial charge < -0.3 is 11.1 Å². The van der Waals surface area contributed by atoms with Gasteiger partial charge in [-0.25, -0.2) is 0 Å². The molecule has 1 aliphatic carbocycles. The van der Waals surface area contributed by atoms with Gasteiger partial charge in [0.25, 0.3) is 5.91 Å². The molecule has 1 aromatic carbocycles. The third kappa shape index (κ3) is 3.62. The summed E-state index contributed by atoms with van der Waals surface area (Å²) in [5, 5.41) is 10.1. The van der Waals surface area contributed by atoms with E-state index in [1.807, 2.05) is 30.3 Å². The van der Waals surface area contributed by atoms with Crippen LogP contribution in [0.2, 0.25) is 0 Å². The molecule has 1 atom stereocenters. The predicted molar refractivity (Wildman–Crippen MR) is 90.9 cm³/mol. The van der Waals surface area contributed by atoms with E-state index in [1.165, 1.54) is 19.3 Å². The van der Waals surface area contributed by atoms with Crippen molar-refractivity contribution >= 4 is 5.91 Å². The number of amides is 1. The van der Waals surface area contributed by atoms with Crippen molar-refractivity contribution in [2.45, 2.75) is 38.1 Å². The topological polar surface area (TPSA) is 83.8 Å². The summed E-state index contributed by atoms with van der Waals surface area (Å²) < 4.78 is 0. The summed E-state index contributed by atoms with van der Waals surface area (Å²) in [4.78, 5) is 12.7. The van der Waals surface area contributed by atoms with E-state index in [4.69, 9.17) is 5.73 Å². The van der Waals surface area contributed by atoms with E-state index in [2.05, 4.69) is 15.5 Å². The molecule has 3 rings (SSSR count). The number of aromatic amines is 1. The van der Waals surface area contributed by atoms with Gasteiger partial charge in [0.05, 0.1) is 17.5 Å². The number of hydrogen-bond donors (Lipinski definition) is 3. The SMILES string of the molecule is NCC(NC(=O)c1cn[nH]c1-c1ccccc1)C1CCCCC1. The van der Waals surface area contributed by atoms with E-state index >= 15 is 0 Å². The van der Waals surface area contributed by atoms with Gasteiger partial charge in [-0.05, 0) is 18.8 Å². The van der Waals surface area contributed by atoms with Crippen molar-refractivity contribution < 1.29 is 4.79 Å². The molecule has 1 fully saturated rings. The molecule has 122 valence electrons. The van der Waals surface area contributed by atoms with Crippen LogP contribution in [-0.4, -0.2) is 28.7 Å². The van der Waals surface area contributed by atoms with Crippen molar-refractivity contribution in [2.24, 2.45) is 11.7 Å². The molecule has 0 aliphatic heterocycles. The molecule has 0 bridgehead atoms. The lowest BCUT2D eigenvalue weighted by atomic mass is 9.84. The third-order valence-electron chi connectivity index (χ3n) is 4.74. The van der Waals surface area contributed by atoms with E-state index in [-0.39, 0.29) is 11.9 Å². The molecule has 0 saturated heterocycles. The highest BCUT2D eigenvalue weighted by Gasteiger charge is 2.25. The van der Waals surface area contributed by atoms with E-state index < -0.39 is 0 Å². The van der Waals surface area contributed by atoms with Crippen LogP contribution in [0.15, 0.2) is 36.5 Å². The number of carbonyl (C=O) groups is 1. The average Bonchev–Trinajstić information content (AvgIpc) is 3.11. The van der Waals surface area contributed by atoms with Gasteiger partial charge in [-0.2, -0.15) is 5.10 Å². The Morgan fingerprint density at radius 1 is 1.26 bits per heavy atom. The number of carbonyl (C=O) groups excluding carboxylic acids is 1. The number of benzene rings is 1. The number of H-pyrrole nitrogens is 1. The Balaban J connectivity index is 1.74. The molecule has 4 N–H and O–H groups in total. The third-order valence-corrected chi connectivity index (χ3v) is 4.74. The Hall–Kier alpha value is -2.14. The number of nitrogens with zero attached hydrogens (tertiary/aromatic N) is 1. The summed E-state index contributed by atoms with van der Waals surface area (Å²) in [6.07, 6.45) is 7.65. The van der Waals surface area contributed by atoms with Crippen LogP contribution < -0.4 is 11.1 Å². The van der Waals surface area contributed by atoms with E-state index in [1.54, 1.807) is 6.20 Å². The van der Waals surface area contributed by atoms with Crippen LogP contribution >= 0.6 is 0 Å². The van der Waals surface area contributed by atoms with Gasteiger partial charge in [0.1, 0.15) is 0 Å². The minimum Gasteiger partial charge on any atom is -0.348 e. The van der Waals surface area contributed by atoms with Gasteiger partial charge in [-0.15, -0.1) is 0 Å². The molecular weight excluding hydrogens is 288 g/mol. The van der Waals surface area contributed by atoms with Crippen molar-refractivity contribution in [1.29, 1.82) is 0 Å². The van der Waals surface area contributed by atoms with Crippen molar-refractivity contribution in [1.82, 2.24) is 15.5 Å².